The summed E-state index contributed by atoms with van der Waals surface area (Å²) in [6, 6.07) is 0. The Morgan fingerprint density at radius 2 is 0.864 bits per heavy atom. The van der Waals surface area contributed by atoms with Gasteiger partial charge in [-0.1, -0.05) is 41.5 Å². The van der Waals surface area contributed by atoms with Gasteiger partial charge in [0.25, 0.3) is 0 Å². The van der Waals surface area contributed by atoms with Crippen molar-refractivity contribution in [1.29, 1.82) is 0 Å². The van der Waals surface area contributed by atoms with Crippen LogP contribution in [-0.2, 0) is 0 Å². The van der Waals surface area contributed by atoms with E-state index < -0.39 is 0 Å². The Labute approximate surface area is 155 Å². The molecule has 0 saturated carbocycles. The Morgan fingerprint density at radius 1 is 0.591 bits per heavy atom. The number of hydrogen-bond donors (Lipinski definition) is 0. The molecule has 130 valence electrons. The first-order valence-electron chi connectivity index (χ1n) is 8.64. The normalized spacial score (nSPS) is 25.9. The third kappa shape index (κ3) is 4.95. The standard InChI is InChI=1S/C18H34S4/c1-15(2,3)13-17(19-9-7-10-20-17)18(14-16(4,5)6)21-11-8-12-22-18/h7-14H2,1-6H3. The van der Waals surface area contributed by atoms with E-state index in [0.29, 0.717) is 19.0 Å². The molecule has 2 fully saturated rings. The van der Waals surface area contributed by atoms with Gasteiger partial charge >= 0.3 is 0 Å². The molecule has 0 aromatic rings. The highest BCUT2D eigenvalue weighted by Crippen LogP contribution is 2.67. The van der Waals surface area contributed by atoms with Crippen molar-refractivity contribution >= 4 is 47.0 Å². The van der Waals surface area contributed by atoms with Gasteiger partial charge in [-0.2, -0.15) is 0 Å². The summed E-state index contributed by atoms with van der Waals surface area (Å²) in [5, 5.41) is 0. The van der Waals surface area contributed by atoms with E-state index in [1.165, 1.54) is 48.7 Å². The predicted molar refractivity (Wildman–Crippen MR) is 113 cm³/mol. The van der Waals surface area contributed by atoms with Gasteiger partial charge < -0.3 is 0 Å². The molecule has 2 aliphatic rings. The monoisotopic (exact) mass is 378 g/mol. The molecule has 0 amide bonds. The minimum absolute atomic E-state index is 0.395. The van der Waals surface area contributed by atoms with Crippen molar-refractivity contribution in [3.8, 4) is 0 Å². The number of rotatable bonds is 3. The van der Waals surface area contributed by atoms with E-state index in [9.17, 15) is 0 Å². The van der Waals surface area contributed by atoms with Crippen LogP contribution >= 0.6 is 47.0 Å². The van der Waals surface area contributed by atoms with Crippen LogP contribution in [0.1, 0.15) is 67.2 Å². The zero-order chi connectivity index (χ0) is 16.5. The summed E-state index contributed by atoms with van der Waals surface area (Å²) in [5.41, 5.74) is 0.807. The minimum atomic E-state index is 0.395. The zero-order valence-electron chi connectivity index (χ0n) is 15.3. The van der Waals surface area contributed by atoms with Crippen molar-refractivity contribution in [2.45, 2.75) is 75.4 Å². The smallest absolute Gasteiger partial charge is 0.0853 e. The predicted octanol–water partition coefficient (Wildman–Crippen LogP) is 6.99. The SMILES string of the molecule is CC(C)(C)CC1(C2(CC(C)(C)C)SCCCS2)SCCCS1. The Bertz CT molecular complexity index is 316. The van der Waals surface area contributed by atoms with Gasteiger partial charge in [0.2, 0.25) is 0 Å². The van der Waals surface area contributed by atoms with E-state index in [1.54, 1.807) is 0 Å². The summed E-state index contributed by atoms with van der Waals surface area (Å²) >= 11 is 9.22. The molecule has 2 rings (SSSR count). The molecule has 2 saturated heterocycles. The maximum absolute atomic E-state index is 2.44. The molecule has 4 heteroatoms. The molecule has 0 aromatic carbocycles. The molecule has 22 heavy (non-hydrogen) atoms. The van der Waals surface area contributed by atoms with E-state index in [1.807, 2.05) is 0 Å². The fourth-order valence-corrected chi connectivity index (χ4v) is 12.7. The van der Waals surface area contributed by atoms with Crippen LogP contribution in [-0.4, -0.2) is 31.2 Å². The number of hydrogen-bond acceptors (Lipinski definition) is 4. The summed E-state index contributed by atoms with van der Waals surface area (Å²) in [5.74, 6) is 5.43. The molecule has 0 spiro atoms. The topological polar surface area (TPSA) is 0 Å². The van der Waals surface area contributed by atoms with Crippen LogP contribution in [0.3, 0.4) is 0 Å². The Morgan fingerprint density at radius 3 is 1.09 bits per heavy atom. The summed E-state index contributed by atoms with van der Waals surface area (Å²) in [6.45, 7) is 14.6. The molecule has 0 nitrogen and oxygen atoms in total. The average molecular weight is 379 g/mol. The van der Waals surface area contributed by atoms with E-state index in [4.69, 9.17) is 0 Å². The highest BCUT2D eigenvalue weighted by Gasteiger charge is 2.57. The van der Waals surface area contributed by atoms with Crippen LogP contribution in [0.5, 0.6) is 0 Å². The second kappa shape index (κ2) is 7.33. The molecule has 2 aliphatic heterocycles. The van der Waals surface area contributed by atoms with Crippen molar-refractivity contribution in [3.05, 3.63) is 0 Å². The molecule has 2 heterocycles. The van der Waals surface area contributed by atoms with Gasteiger partial charge in [0.05, 0.1) is 8.16 Å². The average Bonchev–Trinajstić information content (AvgIpc) is 2.36. The summed E-state index contributed by atoms with van der Waals surface area (Å²) in [4.78, 5) is 0. The largest absolute Gasteiger partial charge is 0.142 e. The lowest BCUT2D eigenvalue weighted by molar-refractivity contribution is 0.306. The van der Waals surface area contributed by atoms with Crippen LogP contribution in [0.15, 0.2) is 0 Å². The second-order valence-electron chi connectivity index (χ2n) is 9.08. The summed E-state index contributed by atoms with van der Waals surface area (Å²) in [7, 11) is 0. The minimum Gasteiger partial charge on any atom is -0.142 e. The highest BCUT2D eigenvalue weighted by atomic mass is 32.2. The van der Waals surface area contributed by atoms with Gasteiger partial charge in [0.1, 0.15) is 0 Å². The first-order valence-corrected chi connectivity index (χ1v) is 12.6. The van der Waals surface area contributed by atoms with Crippen LogP contribution in [0, 0.1) is 10.8 Å². The fourth-order valence-electron chi connectivity index (χ4n) is 3.46. The molecule has 0 aliphatic carbocycles. The molecule has 0 radical (unpaired) electrons. The molecule has 0 unspecified atom stereocenters. The zero-order valence-corrected chi connectivity index (χ0v) is 18.6. The summed E-state index contributed by atoms with van der Waals surface area (Å²) < 4.78 is 0.791. The van der Waals surface area contributed by atoms with E-state index >= 15 is 0 Å². The van der Waals surface area contributed by atoms with Crippen LogP contribution in [0.2, 0.25) is 0 Å². The Balaban J connectivity index is 2.38. The molecule has 0 aromatic heterocycles. The Kier molecular flexibility index (Phi) is 6.57. The molecular formula is C18H34S4. The van der Waals surface area contributed by atoms with Crippen molar-refractivity contribution < 1.29 is 0 Å². The van der Waals surface area contributed by atoms with Gasteiger partial charge in [0.15, 0.2) is 0 Å². The number of thioether (sulfide) groups is 4. The lowest BCUT2D eigenvalue weighted by Crippen LogP contribution is -2.51. The van der Waals surface area contributed by atoms with Crippen LogP contribution in [0.25, 0.3) is 0 Å². The fraction of sp³-hybridized carbons (Fsp3) is 1.00. The van der Waals surface area contributed by atoms with E-state index in [0.717, 1.165) is 0 Å². The first-order chi connectivity index (χ1) is 10.1. The lowest BCUT2D eigenvalue weighted by Gasteiger charge is -2.56. The molecular weight excluding hydrogens is 344 g/mol. The van der Waals surface area contributed by atoms with Gasteiger partial charge in [0, 0.05) is 0 Å². The quantitative estimate of drug-likeness (QED) is 0.518. The maximum atomic E-state index is 2.44. The van der Waals surface area contributed by atoms with Crippen molar-refractivity contribution in [2.75, 3.05) is 23.0 Å². The first kappa shape index (κ1) is 19.7. The maximum Gasteiger partial charge on any atom is 0.0853 e. The molecule has 0 N–H and O–H groups in total. The third-order valence-corrected chi connectivity index (χ3v) is 11.8. The van der Waals surface area contributed by atoms with Crippen LogP contribution in [0.4, 0.5) is 0 Å². The van der Waals surface area contributed by atoms with Crippen LogP contribution < -0.4 is 0 Å². The van der Waals surface area contributed by atoms with Gasteiger partial charge in [-0.3, -0.25) is 0 Å². The summed E-state index contributed by atoms with van der Waals surface area (Å²) in [6.07, 6.45) is 5.46. The van der Waals surface area contributed by atoms with Crippen molar-refractivity contribution in [2.24, 2.45) is 10.8 Å². The highest BCUT2D eigenvalue weighted by molar-refractivity contribution is 8.25. The van der Waals surface area contributed by atoms with Crippen molar-refractivity contribution in [1.82, 2.24) is 0 Å². The van der Waals surface area contributed by atoms with Gasteiger partial charge in [-0.15, -0.1) is 47.0 Å². The third-order valence-electron chi connectivity index (χ3n) is 4.02. The molecule has 0 bridgehead atoms. The van der Waals surface area contributed by atoms with Gasteiger partial charge in [-0.05, 0) is 59.5 Å². The van der Waals surface area contributed by atoms with E-state index in [-0.39, 0.29) is 0 Å². The Hall–Kier alpha value is 1.40. The second-order valence-corrected chi connectivity index (χ2v) is 15.2. The lowest BCUT2D eigenvalue weighted by atomic mass is 9.84. The van der Waals surface area contributed by atoms with Crippen molar-refractivity contribution in [3.63, 3.8) is 0 Å². The molecule has 0 atom stereocenters. The van der Waals surface area contributed by atoms with E-state index in [2.05, 4.69) is 88.6 Å². The van der Waals surface area contributed by atoms with Gasteiger partial charge in [-0.25, -0.2) is 0 Å².